The van der Waals surface area contributed by atoms with E-state index in [1.807, 2.05) is 66.9 Å². The summed E-state index contributed by atoms with van der Waals surface area (Å²) in [6, 6.07) is 69.2. The van der Waals surface area contributed by atoms with E-state index in [0.29, 0.717) is 11.4 Å². The molecule has 9 rings (SSSR count). The Morgan fingerprint density at radius 1 is 0.407 bits per heavy atom. The predicted molar refractivity (Wildman–Crippen MR) is 229 cm³/mol. The molecule has 0 aliphatic rings. The van der Waals surface area contributed by atoms with Crippen LogP contribution in [0.5, 0.6) is 0 Å². The second kappa shape index (κ2) is 14.4. The zero-order valence-electron chi connectivity index (χ0n) is 29.5. The van der Waals surface area contributed by atoms with Crippen LogP contribution in [-0.4, -0.2) is 17.9 Å². The number of aliphatic imine (C=N–C) groups is 2. The number of hydrogen-bond acceptors (Lipinski definition) is 1. The van der Waals surface area contributed by atoms with Gasteiger partial charge in [-0.2, -0.15) is 0 Å². The monoisotopic (exact) mass is 689 g/mol. The summed E-state index contributed by atoms with van der Waals surface area (Å²) in [6.07, 6.45) is 1.94. The zero-order chi connectivity index (χ0) is 36.3. The fourth-order valence-corrected chi connectivity index (χ4v) is 7.30. The molecule has 0 aromatic heterocycles. The van der Waals surface area contributed by atoms with Crippen molar-refractivity contribution in [1.29, 1.82) is 5.41 Å². The fourth-order valence-electron chi connectivity index (χ4n) is 7.30. The fraction of sp³-hybridized carbons (Fsp3) is 0. The molecule has 254 valence electrons. The van der Waals surface area contributed by atoms with Crippen LogP contribution in [0.3, 0.4) is 0 Å². The van der Waals surface area contributed by atoms with Crippen LogP contribution in [-0.2, 0) is 0 Å². The Morgan fingerprint density at radius 2 is 0.944 bits per heavy atom. The zero-order valence-corrected chi connectivity index (χ0v) is 29.5. The lowest BCUT2D eigenvalue weighted by Gasteiger charge is -2.13. The van der Waals surface area contributed by atoms with Crippen molar-refractivity contribution >= 4 is 50.2 Å². The average Bonchev–Trinajstić information content (AvgIpc) is 3.25. The third-order valence-electron chi connectivity index (χ3n) is 10.1. The molecule has 0 saturated carbocycles. The van der Waals surface area contributed by atoms with Crippen LogP contribution in [0.15, 0.2) is 210 Å². The highest BCUT2D eigenvalue weighted by Crippen LogP contribution is 2.33. The summed E-state index contributed by atoms with van der Waals surface area (Å²) in [6.45, 7) is 0. The second-order valence-electron chi connectivity index (χ2n) is 13.4. The van der Waals surface area contributed by atoms with Crippen molar-refractivity contribution in [2.75, 3.05) is 0 Å². The maximum absolute atomic E-state index is 9.26. The molecule has 0 aliphatic carbocycles. The quantitative estimate of drug-likeness (QED) is 0.0782. The first-order chi connectivity index (χ1) is 26.7. The number of benzene rings is 9. The molecule has 0 aliphatic heterocycles. The topological polar surface area (TPSA) is 48.6 Å². The van der Waals surface area contributed by atoms with E-state index in [-0.39, 0.29) is 5.84 Å². The van der Waals surface area contributed by atoms with Crippen molar-refractivity contribution in [2.24, 2.45) is 9.98 Å². The summed E-state index contributed by atoms with van der Waals surface area (Å²) in [5.74, 6) is 0.613. The molecule has 0 bridgehead atoms. The summed E-state index contributed by atoms with van der Waals surface area (Å²) in [4.78, 5) is 10.2. The lowest BCUT2D eigenvalue weighted by Crippen LogP contribution is -2.06. The molecule has 3 heteroatoms. The highest BCUT2D eigenvalue weighted by atomic mass is 14.9. The van der Waals surface area contributed by atoms with E-state index in [1.54, 1.807) is 0 Å². The van der Waals surface area contributed by atoms with Gasteiger partial charge in [0, 0.05) is 22.9 Å². The summed E-state index contributed by atoms with van der Waals surface area (Å²) in [7, 11) is 0. The van der Waals surface area contributed by atoms with E-state index in [9.17, 15) is 5.41 Å². The SMILES string of the molecule is N=C(N=C(N=Cc1c2ccccc2cc2c1ccc1ccccc12)c1ccccc1-c1ccc(-c2ccccc2)cc1)c1ccc(-c2ccccc2)cc1. The molecule has 0 amide bonds. The van der Waals surface area contributed by atoms with E-state index in [1.165, 1.54) is 21.7 Å². The van der Waals surface area contributed by atoms with E-state index in [0.717, 1.165) is 55.1 Å². The molecule has 0 unspecified atom stereocenters. The Morgan fingerprint density at radius 3 is 1.65 bits per heavy atom. The van der Waals surface area contributed by atoms with Crippen molar-refractivity contribution in [3.8, 4) is 33.4 Å². The van der Waals surface area contributed by atoms with Gasteiger partial charge in [-0.25, -0.2) is 9.98 Å². The Balaban J connectivity index is 1.19. The van der Waals surface area contributed by atoms with Gasteiger partial charge in [0.1, 0.15) is 0 Å². The number of nitrogens with zero attached hydrogens (tertiary/aromatic N) is 2. The molecule has 0 fully saturated rings. The van der Waals surface area contributed by atoms with Gasteiger partial charge in [-0.05, 0) is 71.8 Å². The smallest absolute Gasteiger partial charge is 0.162 e. The lowest BCUT2D eigenvalue weighted by molar-refractivity contribution is 1.40. The second-order valence-corrected chi connectivity index (χ2v) is 13.4. The van der Waals surface area contributed by atoms with E-state index in [2.05, 4.69) is 140 Å². The molecule has 54 heavy (non-hydrogen) atoms. The van der Waals surface area contributed by atoms with Crippen molar-refractivity contribution < 1.29 is 0 Å². The van der Waals surface area contributed by atoms with Gasteiger partial charge in [0.25, 0.3) is 0 Å². The molecule has 0 saturated heterocycles. The molecule has 9 aromatic carbocycles. The number of amidine groups is 2. The first-order valence-corrected chi connectivity index (χ1v) is 18.2. The Kier molecular flexibility index (Phi) is 8.72. The third-order valence-corrected chi connectivity index (χ3v) is 10.1. The number of fused-ring (bicyclic) bond motifs is 4. The van der Waals surface area contributed by atoms with Crippen LogP contribution in [0.25, 0.3) is 65.7 Å². The van der Waals surface area contributed by atoms with Crippen LogP contribution in [0, 0.1) is 5.41 Å². The predicted octanol–water partition coefficient (Wildman–Crippen LogP) is 13.0. The number of hydrogen-bond donors (Lipinski definition) is 1. The molecular weight excluding hydrogens is 655 g/mol. The average molecular weight is 690 g/mol. The normalized spacial score (nSPS) is 11.8. The van der Waals surface area contributed by atoms with Gasteiger partial charge < -0.3 is 0 Å². The Labute approximate surface area is 314 Å². The maximum atomic E-state index is 9.26. The molecule has 9 aromatic rings. The Bertz CT molecular complexity index is 2850. The molecule has 0 radical (unpaired) electrons. The molecule has 1 N–H and O–H groups in total. The minimum atomic E-state index is 0.143. The summed E-state index contributed by atoms with van der Waals surface area (Å²) in [5, 5.41) is 16.2. The molecule has 0 heterocycles. The van der Waals surface area contributed by atoms with Crippen LogP contribution in [0.1, 0.15) is 16.7 Å². The first kappa shape index (κ1) is 32.7. The summed E-state index contributed by atoms with van der Waals surface area (Å²) < 4.78 is 0. The molecular formula is C51H35N3. The summed E-state index contributed by atoms with van der Waals surface area (Å²) in [5.41, 5.74) is 9.18. The van der Waals surface area contributed by atoms with Gasteiger partial charge in [-0.3, -0.25) is 5.41 Å². The summed E-state index contributed by atoms with van der Waals surface area (Å²) >= 11 is 0. The van der Waals surface area contributed by atoms with Crippen molar-refractivity contribution in [3.63, 3.8) is 0 Å². The van der Waals surface area contributed by atoms with Gasteiger partial charge in [-0.1, -0.05) is 194 Å². The first-order valence-electron chi connectivity index (χ1n) is 18.2. The van der Waals surface area contributed by atoms with Gasteiger partial charge in [0.15, 0.2) is 11.7 Å². The Hall–Kier alpha value is -7.23. The van der Waals surface area contributed by atoms with Crippen LogP contribution in [0.2, 0.25) is 0 Å². The number of rotatable bonds is 6. The van der Waals surface area contributed by atoms with Crippen molar-refractivity contribution in [2.45, 2.75) is 0 Å². The molecule has 0 atom stereocenters. The maximum Gasteiger partial charge on any atom is 0.162 e. The minimum Gasteiger partial charge on any atom is -0.282 e. The van der Waals surface area contributed by atoms with E-state index >= 15 is 0 Å². The van der Waals surface area contributed by atoms with Crippen LogP contribution in [0.4, 0.5) is 0 Å². The highest BCUT2D eigenvalue weighted by molar-refractivity contribution is 6.23. The largest absolute Gasteiger partial charge is 0.282 e. The van der Waals surface area contributed by atoms with Gasteiger partial charge in [0.2, 0.25) is 0 Å². The third kappa shape index (κ3) is 6.40. The minimum absolute atomic E-state index is 0.143. The van der Waals surface area contributed by atoms with Gasteiger partial charge in [0.05, 0.1) is 0 Å². The van der Waals surface area contributed by atoms with Crippen LogP contribution >= 0.6 is 0 Å². The van der Waals surface area contributed by atoms with Crippen molar-refractivity contribution in [3.05, 3.63) is 217 Å². The van der Waals surface area contributed by atoms with Gasteiger partial charge >= 0.3 is 0 Å². The molecule has 0 spiro atoms. The molecule has 3 nitrogen and oxygen atoms in total. The van der Waals surface area contributed by atoms with E-state index < -0.39 is 0 Å². The van der Waals surface area contributed by atoms with Gasteiger partial charge in [-0.15, -0.1) is 0 Å². The highest BCUT2D eigenvalue weighted by Gasteiger charge is 2.15. The number of nitrogens with one attached hydrogen (secondary N) is 1. The van der Waals surface area contributed by atoms with Crippen molar-refractivity contribution in [1.82, 2.24) is 0 Å². The standard InChI is InChI=1S/C51H35N3/c52-50(41-29-25-38(26-30-41)36-15-5-2-6-16-36)54-51(47-22-12-11-19-43(47)40-27-23-37(24-28-40)35-13-3-1-4-14-35)53-34-49-45-21-10-8-18-42(45)33-48-44-20-9-7-17-39(44)31-32-46(48)49/h1-34,52H. The van der Waals surface area contributed by atoms with E-state index in [4.69, 9.17) is 9.98 Å². The van der Waals surface area contributed by atoms with Crippen LogP contribution < -0.4 is 0 Å². The lowest BCUT2D eigenvalue weighted by atomic mass is 9.93.